The maximum atomic E-state index is 9.82. The number of fused-ring (bicyclic) bond motifs is 1. The van der Waals surface area contributed by atoms with E-state index >= 15 is 0 Å². The molecule has 0 saturated carbocycles. The first-order chi connectivity index (χ1) is 6.48. The quantitative estimate of drug-likeness (QED) is 0.661. The third kappa shape index (κ3) is 1.37. The summed E-state index contributed by atoms with van der Waals surface area (Å²) in [6, 6.07) is 3.40. The Morgan fingerprint density at radius 2 is 1.86 bits per heavy atom. The number of nitrogens with two attached hydrogens (primary N) is 1. The molecule has 4 nitrogen and oxygen atoms in total. The summed E-state index contributed by atoms with van der Waals surface area (Å²) >= 11 is 0. The third-order valence-electron chi connectivity index (χ3n) is 2.20. The van der Waals surface area contributed by atoms with Crippen molar-refractivity contribution in [2.45, 2.75) is 19.4 Å². The number of hydrogen-bond donors (Lipinski definition) is 2. The average molecular weight is 195 g/mol. The second-order valence-corrected chi connectivity index (χ2v) is 3.85. The van der Waals surface area contributed by atoms with E-state index in [1.807, 2.05) is 0 Å². The first kappa shape index (κ1) is 9.15. The molecule has 0 saturated heterocycles. The van der Waals surface area contributed by atoms with E-state index in [-0.39, 0.29) is 6.79 Å². The van der Waals surface area contributed by atoms with Crippen LogP contribution in [0, 0.1) is 0 Å². The number of aliphatic hydroxyl groups is 1. The molecule has 14 heavy (non-hydrogen) atoms. The van der Waals surface area contributed by atoms with E-state index in [0.717, 1.165) is 0 Å². The molecule has 0 aliphatic carbocycles. The summed E-state index contributed by atoms with van der Waals surface area (Å²) in [5.41, 5.74) is 5.99. The minimum atomic E-state index is -0.967. The van der Waals surface area contributed by atoms with E-state index in [9.17, 15) is 5.11 Å². The highest BCUT2D eigenvalue weighted by Gasteiger charge is 2.24. The molecular formula is C10H13NO3. The van der Waals surface area contributed by atoms with Gasteiger partial charge in [-0.2, -0.15) is 0 Å². The second kappa shape index (κ2) is 2.78. The molecule has 2 rings (SSSR count). The zero-order chi connectivity index (χ0) is 10.3. The number of rotatable bonds is 1. The Labute approximate surface area is 82.2 Å². The van der Waals surface area contributed by atoms with Crippen molar-refractivity contribution in [3.05, 3.63) is 17.7 Å². The van der Waals surface area contributed by atoms with Crippen molar-refractivity contribution < 1.29 is 14.6 Å². The minimum absolute atomic E-state index is 0.212. The number of ether oxygens (including phenoxy) is 2. The maximum absolute atomic E-state index is 9.82. The molecule has 0 fully saturated rings. The van der Waals surface area contributed by atoms with E-state index in [4.69, 9.17) is 15.2 Å². The zero-order valence-corrected chi connectivity index (χ0v) is 8.20. The molecule has 3 N–H and O–H groups in total. The summed E-state index contributed by atoms with van der Waals surface area (Å²) in [6.45, 7) is 3.58. The molecule has 76 valence electrons. The van der Waals surface area contributed by atoms with E-state index in [0.29, 0.717) is 22.7 Å². The number of nitrogen functional groups attached to an aromatic ring is 1. The smallest absolute Gasteiger partial charge is 0.231 e. The van der Waals surface area contributed by atoms with Crippen LogP contribution in [-0.4, -0.2) is 11.9 Å². The van der Waals surface area contributed by atoms with Gasteiger partial charge in [0.15, 0.2) is 11.5 Å². The first-order valence-corrected chi connectivity index (χ1v) is 4.40. The summed E-state index contributed by atoms with van der Waals surface area (Å²) in [7, 11) is 0. The van der Waals surface area contributed by atoms with Crippen molar-refractivity contribution >= 4 is 5.69 Å². The third-order valence-corrected chi connectivity index (χ3v) is 2.20. The van der Waals surface area contributed by atoms with Crippen LogP contribution in [0.25, 0.3) is 0 Å². The van der Waals surface area contributed by atoms with Gasteiger partial charge >= 0.3 is 0 Å². The van der Waals surface area contributed by atoms with Gasteiger partial charge in [0.1, 0.15) is 0 Å². The number of anilines is 1. The van der Waals surface area contributed by atoms with Crippen molar-refractivity contribution in [3.8, 4) is 11.5 Å². The van der Waals surface area contributed by atoms with Gasteiger partial charge < -0.3 is 20.3 Å². The zero-order valence-electron chi connectivity index (χ0n) is 8.20. The normalized spacial score (nSPS) is 14.5. The summed E-state index contributed by atoms with van der Waals surface area (Å²) in [4.78, 5) is 0. The van der Waals surface area contributed by atoms with Gasteiger partial charge in [-0.05, 0) is 19.9 Å². The largest absolute Gasteiger partial charge is 0.454 e. The molecule has 0 amide bonds. The van der Waals surface area contributed by atoms with Gasteiger partial charge in [-0.15, -0.1) is 0 Å². The molecule has 0 aromatic heterocycles. The lowest BCUT2D eigenvalue weighted by atomic mass is 9.96. The lowest BCUT2D eigenvalue weighted by molar-refractivity contribution is 0.0791. The van der Waals surface area contributed by atoms with Crippen LogP contribution in [0.3, 0.4) is 0 Å². The molecule has 1 heterocycles. The average Bonchev–Trinajstić information content (AvgIpc) is 2.47. The highest BCUT2D eigenvalue weighted by Crippen LogP contribution is 2.39. The molecule has 0 radical (unpaired) electrons. The standard InChI is InChI=1S/C10H13NO3/c1-10(2,12)6-3-8-9(4-7(6)11)14-5-13-8/h3-4,12H,5,11H2,1-2H3. The predicted molar refractivity (Wildman–Crippen MR) is 52.2 cm³/mol. The van der Waals surface area contributed by atoms with Crippen molar-refractivity contribution in [1.29, 1.82) is 0 Å². The highest BCUT2D eigenvalue weighted by atomic mass is 16.7. The molecule has 0 unspecified atom stereocenters. The second-order valence-electron chi connectivity index (χ2n) is 3.85. The van der Waals surface area contributed by atoms with Crippen LogP contribution >= 0.6 is 0 Å². The Kier molecular flexibility index (Phi) is 1.82. The van der Waals surface area contributed by atoms with Gasteiger partial charge in [0.25, 0.3) is 0 Å². The topological polar surface area (TPSA) is 64.7 Å². The van der Waals surface area contributed by atoms with E-state index in [1.165, 1.54) is 0 Å². The van der Waals surface area contributed by atoms with Crippen LogP contribution in [0.15, 0.2) is 12.1 Å². The predicted octanol–water partition coefficient (Wildman–Crippen LogP) is 1.22. The monoisotopic (exact) mass is 195 g/mol. The Hall–Kier alpha value is -1.42. The van der Waals surface area contributed by atoms with Crippen LogP contribution in [0.1, 0.15) is 19.4 Å². The molecular weight excluding hydrogens is 182 g/mol. The molecule has 1 aliphatic heterocycles. The molecule has 0 bridgehead atoms. The fourth-order valence-electron chi connectivity index (χ4n) is 1.49. The summed E-state index contributed by atoms with van der Waals surface area (Å²) in [5, 5.41) is 9.82. The molecule has 1 aromatic carbocycles. The van der Waals surface area contributed by atoms with E-state index in [1.54, 1.807) is 26.0 Å². The van der Waals surface area contributed by atoms with Crippen molar-refractivity contribution in [2.75, 3.05) is 12.5 Å². The van der Waals surface area contributed by atoms with Crippen LogP contribution in [0.2, 0.25) is 0 Å². The van der Waals surface area contributed by atoms with Gasteiger partial charge in [0, 0.05) is 17.3 Å². The van der Waals surface area contributed by atoms with E-state index in [2.05, 4.69) is 0 Å². The number of hydrogen-bond acceptors (Lipinski definition) is 4. The minimum Gasteiger partial charge on any atom is -0.454 e. The molecule has 1 aromatic rings. The fraction of sp³-hybridized carbons (Fsp3) is 0.400. The summed E-state index contributed by atoms with van der Waals surface area (Å²) < 4.78 is 10.4. The molecule has 0 spiro atoms. The molecule has 0 atom stereocenters. The van der Waals surface area contributed by atoms with Crippen molar-refractivity contribution in [3.63, 3.8) is 0 Å². The van der Waals surface area contributed by atoms with Crippen LogP contribution < -0.4 is 15.2 Å². The molecule has 4 heteroatoms. The van der Waals surface area contributed by atoms with Gasteiger partial charge in [0.2, 0.25) is 6.79 Å². The lowest BCUT2D eigenvalue weighted by Crippen LogP contribution is -2.17. The summed E-state index contributed by atoms with van der Waals surface area (Å²) in [6.07, 6.45) is 0. The first-order valence-electron chi connectivity index (χ1n) is 4.40. The Balaban J connectivity index is 2.53. The van der Waals surface area contributed by atoms with Gasteiger partial charge in [-0.1, -0.05) is 0 Å². The lowest BCUT2D eigenvalue weighted by Gasteiger charge is -2.20. The van der Waals surface area contributed by atoms with Crippen LogP contribution in [-0.2, 0) is 5.60 Å². The van der Waals surface area contributed by atoms with Gasteiger partial charge in [0.05, 0.1) is 5.60 Å². The Morgan fingerprint density at radius 1 is 1.29 bits per heavy atom. The number of benzene rings is 1. The Bertz CT molecular complexity index is 368. The maximum Gasteiger partial charge on any atom is 0.231 e. The van der Waals surface area contributed by atoms with Gasteiger partial charge in [-0.25, -0.2) is 0 Å². The Morgan fingerprint density at radius 3 is 2.43 bits per heavy atom. The van der Waals surface area contributed by atoms with Gasteiger partial charge in [-0.3, -0.25) is 0 Å². The van der Waals surface area contributed by atoms with Crippen molar-refractivity contribution in [1.82, 2.24) is 0 Å². The fourth-order valence-corrected chi connectivity index (χ4v) is 1.49. The van der Waals surface area contributed by atoms with E-state index < -0.39 is 5.60 Å². The highest BCUT2D eigenvalue weighted by molar-refractivity contribution is 5.60. The summed E-state index contributed by atoms with van der Waals surface area (Å²) in [5.74, 6) is 1.27. The SMILES string of the molecule is CC(C)(O)c1cc2c(cc1N)OCO2. The molecule has 1 aliphatic rings. The van der Waals surface area contributed by atoms with Crippen LogP contribution in [0.5, 0.6) is 11.5 Å². The van der Waals surface area contributed by atoms with Crippen molar-refractivity contribution in [2.24, 2.45) is 0 Å². The van der Waals surface area contributed by atoms with Crippen LogP contribution in [0.4, 0.5) is 5.69 Å².